The van der Waals surface area contributed by atoms with Gasteiger partial charge in [0.05, 0.1) is 11.6 Å². The third-order valence-electron chi connectivity index (χ3n) is 8.30. The van der Waals surface area contributed by atoms with Gasteiger partial charge in [-0.3, -0.25) is 9.69 Å². The number of amides is 1. The van der Waals surface area contributed by atoms with Crippen LogP contribution < -0.4 is 0 Å². The first-order valence-corrected chi connectivity index (χ1v) is 14.8. The van der Waals surface area contributed by atoms with E-state index in [4.69, 9.17) is 0 Å². The predicted molar refractivity (Wildman–Crippen MR) is 148 cm³/mol. The van der Waals surface area contributed by atoms with Crippen molar-refractivity contribution in [3.63, 3.8) is 0 Å². The topological polar surface area (TPSA) is 50.6 Å². The number of carbonyl (C=O) groups excluding carboxylic acids is 1. The number of halogens is 1. The first-order chi connectivity index (χ1) is 18.0. The molecule has 5 nitrogen and oxygen atoms in total. The van der Waals surface area contributed by atoms with Crippen LogP contribution in [-0.4, -0.2) is 84.5 Å². The minimum absolute atomic E-state index is 0.0191. The van der Waals surface area contributed by atoms with Crippen molar-refractivity contribution < 1.29 is 9.18 Å². The molecule has 0 saturated carbocycles. The normalized spacial score (nSPS) is 19.5. The van der Waals surface area contributed by atoms with E-state index in [0.29, 0.717) is 23.7 Å². The Hall–Kier alpha value is -2.40. The van der Waals surface area contributed by atoms with Crippen molar-refractivity contribution in [1.29, 1.82) is 5.26 Å². The van der Waals surface area contributed by atoms with Crippen LogP contribution in [0.25, 0.3) is 0 Å². The maximum Gasteiger partial charge on any atom is 0.253 e. The van der Waals surface area contributed by atoms with Crippen LogP contribution in [0.15, 0.2) is 36.4 Å². The van der Waals surface area contributed by atoms with Gasteiger partial charge in [-0.25, -0.2) is 4.39 Å². The molecule has 1 aliphatic carbocycles. The van der Waals surface area contributed by atoms with Gasteiger partial charge in [0.15, 0.2) is 0 Å². The Kier molecular flexibility index (Phi) is 8.49. The summed E-state index contributed by atoms with van der Waals surface area (Å²) in [6, 6.07) is 13.4. The molecular weight excluding hydrogens is 483 g/mol. The average Bonchev–Trinajstić information content (AvgIpc) is 2.91. The molecule has 5 rings (SSSR count). The van der Waals surface area contributed by atoms with E-state index in [2.05, 4.69) is 15.9 Å². The lowest BCUT2D eigenvalue weighted by Gasteiger charge is -2.47. The lowest BCUT2D eigenvalue weighted by atomic mass is 9.86. The SMILES string of the molecule is CN(CC(CCN1CC(N2CCSCC2)C1)c1ccc(F)cc1)C(=O)c1cc(C#N)cc2c1CCCC2. The lowest BCUT2D eigenvalue weighted by molar-refractivity contribution is 0.0371. The van der Waals surface area contributed by atoms with Crippen molar-refractivity contribution in [3.8, 4) is 6.07 Å². The zero-order valence-corrected chi connectivity index (χ0v) is 22.6. The summed E-state index contributed by atoms with van der Waals surface area (Å²) in [5, 5.41) is 9.54. The van der Waals surface area contributed by atoms with E-state index in [1.807, 2.05) is 41.9 Å². The van der Waals surface area contributed by atoms with Crippen LogP contribution in [-0.2, 0) is 12.8 Å². The van der Waals surface area contributed by atoms with E-state index >= 15 is 0 Å². The summed E-state index contributed by atoms with van der Waals surface area (Å²) in [6.45, 7) is 6.17. The minimum Gasteiger partial charge on any atom is -0.341 e. The largest absolute Gasteiger partial charge is 0.341 e. The number of carbonyl (C=O) groups is 1. The van der Waals surface area contributed by atoms with Gasteiger partial charge in [-0.2, -0.15) is 17.0 Å². The zero-order chi connectivity index (χ0) is 25.8. The van der Waals surface area contributed by atoms with Crippen molar-refractivity contribution in [3.05, 3.63) is 70.0 Å². The Morgan fingerprint density at radius 3 is 2.62 bits per heavy atom. The first kappa shape index (κ1) is 26.2. The number of thioether (sulfide) groups is 1. The van der Waals surface area contributed by atoms with E-state index < -0.39 is 0 Å². The lowest BCUT2D eigenvalue weighted by Crippen LogP contribution is -2.61. The summed E-state index contributed by atoms with van der Waals surface area (Å²) >= 11 is 2.05. The number of likely N-dealkylation sites (N-methyl/N-ethyl adjacent to an activating group) is 1. The molecule has 2 aromatic rings. The average molecular weight is 521 g/mol. The fourth-order valence-corrected chi connectivity index (χ4v) is 7.01. The van der Waals surface area contributed by atoms with Crippen molar-refractivity contribution >= 4 is 17.7 Å². The summed E-state index contributed by atoms with van der Waals surface area (Å²) in [5.74, 6) is 2.34. The third kappa shape index (κ3) is 6.19. The van der Waals surface area contributed by atoms with Crippen LogP contribution >= 0.6 is 11.8 Å². The summed E-state index contributed by atoms with van der Waals surface area (Å²) in [5.41, 5.74) is 4.57. The maximum absolute atomic E-state index is 13.7. The molecule has 7 heteroatoms. The molecule has 0 bridgehead atoms. The first-order valence-electron chi connectivity index (χ1n) is 13.6. The molecule has 2 saturated heterocycles. The molecule has 3 aliphatic rings. The number of likely N-dealkylation sites (tertiary alicyclic amines) is 1. The molecule has 37 heavy (non-hydrogen) atoms. The second kappa shape index (κ2) is 12.0. The summed E-state index contributed by atoms with van der Waals surface area (Å²) < 4.78 is 13.7. The van der Waals surface area contributed by atoms with Crippen molar-refractivity contribution in [1.82, 2.24) is 14.7 Å². The summed E-state index contributed by atoms with van der Waals surface area (Å²) in [6.07, 6.45) is 4.92. The van der Waals surface area contributed by atoms with Crippen LogP contribution in [0.3, 0.4) is 0 Å². The molecule has 1 atom stereocenters. The monoisotopic (exact) mass is 520 g/mol. The number of hydrogen-bond donors (Lipinski definition) is 0. The van der Waals surface area contributed by atoms with Gasteiger partial charge in [-0.05, 0) is 79.6 Å². The minimum atomic E-state index is -0.239. The molecule has 1 unspecified atom stereocenters. The van der Waals surface area contributed by atoms with Crippen LogP contribution in [0.1, 0.15) is 57.8 Å². The molecule has 2 fully saturated rings. The molecule has 1 amide bonds. The van der Waals surface area contributed by atoms with Gasteiger partial charge in [-0.1, -0.05) is 12.1 Å². The number of rotatable bonds is 8. The van der Waals surface area contributed by atoms with Crippen molar-refractivity contribution in [2.45, 2.75) is 44.1 Å². The molecule has 196 valence electrons. The molecule has 0 spiro atoms. The molecule has 2 aliphatic heterocycles. The number of benzene rings is 2. The highest BCUT2D eigenvalue weighted by Crippen LogP contribution is 2.29. The van der Waals surface area contributed by atoms with Gasteiger partial charge >= 0.3 is 0 Å². The van der Waals surface area contributed by atoms with Gasteiger partial charge < -0.3 is 9.80 Å². The fourth-order valence-electron chi connectivity index (χ4n) is 6.08. The van der Waals surface area contributed by atoms with E-state index in [1.54, 1.807) is 6.07 Å². The number of nitriles is 1. The Bertz CT molecular complexity index is 1140. The summed E-state index contributed by atoms with van der Waals surface area (Å²) in [7, 11) is 1.86. The Morgan fingerprint density at radius 2 is 1.89 bits per heavy atom. The van der Waals surface area contributed by atoms with Crippen LogP contribution in [0.2, 0.25) is 0 Å². The number of aryl methyl sites for hydroxylation is 1. The molecule has 0 radical (unpaired) electrons. The van der Waals surface area contributed by atoms with E-state index in [9.17, 15) is 14.4 Å². The van der Waals surface area contributed by atoms with E-state index in [0.717, 1.165) is 68.4 Å². The molecule has 0 N–H and O–H groups in total. The molecule has 2 aromatic carbocycles. The van der Waals surface area contributed by atoms with Gasteiger partial charge in [0.1, 0.15) is 5.82 Å². The maximum atomic E-state index is 13.7. The second-order valence-corrected chi connectivity index (χ2v) is 12.0. The molecule has 0 aromatic heterocycles. The number of hydrogen-bond acceptors (Lipinski definition) is 5. The Labute approximate surface area is 224 Å². The third-order valence-corrected chi connectivity index (χ3v) is 9.24. The summed E-state index contributed by atoms with van der Waals surface area (Å²) in [4.78, 5) is 20.6. The van der Waals surface area contributed by atoms with E-state index in [1.165, 1.54) is 36.7 Å². The predicted octanol–water partition coefficient (Wildman–Crippen LogP) is 4.56. The van der Waals surface area contributed by atoms with E-state index in [-0.39, 0.29) is 17.6 Å². The van der Waals surface area contributed by atoms with Gasteiger partial charge in [0, 0.05) is 68.8 Å². The smallest absolute Gasteiger partial charge is 0.253 e. The van der Waals surface area contributed by atoms with Crippen molar-refractivity contribution in [2.75, 3.05) is 57.8 Å². The van der Waals surface area contributed by atoms with Gasteiger partial charge in [-0.15, -0.1) is 0 Å². The molecular formula is C30H37FN4OS. The highest BCUT2D eigenvalue weighted by atomic mass is 32.2. The highest BCUT2D eigenvalue weighted by Gasteiger charge is 2.33. The standard InChI is InChI=1S/C30H37FN4OS/c1-33(30(36)29-17-22(18-32)16-24-4-2-3-5-28(24)29)19-25(23-6-8-26(31)9-7-23)10-11-34-20-27(21-34)35-12-14-37-15-13-35/h6-9,16-17,25,27H,2-5,10-15,19-21H2,1H3. The quantitative estimate of drug-likeness (QED) is 0.511. The van der Waals surface area contributed by atoms with Crippen LogP contribution in [0.5, 0.6) is 0 Å². The van der Waals surface area contributed by atoms with Gasteiger partial charge in [0.2, 0.25) is 0 Å². The van der Waals surface area contributed by atoms with Crippen LogP contribution in [0, 0.1) is 17.1 Å². The number of nitrogens with zero attached hydrogens (tertiary/aromatic N) is 4. The highest BCUT2D eigenvalue weighted by molar-refractivity contribution is 7.99. The van der Waals surface area contributed by atoms with Crippen LogP contribution in [0.4, 0.5) is 4.39 Å². The molecule has 2 heterocycles. The fraction of sp³-hybridized carbons (Fsp3) is 0.533. The number of fused-ring (bicyclic) bond motifs is 1. The van der Waals surface area contributed by atoms with Crippen molar-refractivity contribution in [2.24, 2.45) is 0 Å². The second-order valence-electron chi connectivity index (χ2n) is 10.8. The Morgan fingerprint density at radius 1 is 1.16 bits per heavy atom. The van der Waals surface area contributed by atoms with Gasteiger partial charge in [0.25, 0.3) is 5.91 Å². The zero-order valence-electron chi connectivity index (χ0n) is 21.8. The Balaban J connectivity index is 1.26.